The average Bonchev–Trinajstić information content (AvgIpc) is 1.85. The third kappa shape index (κ3) is 12.0. The summed E-state index contributed by atoms with van der Waals surface area (Å²) in [5.41, 5.74) is 0. The first-order valence-electron chi connectivity index (χ1n) is 2.88. The Balaban J connectivity index is 0.000000217. The first-order valence-corrected chi connectivity index (χ1v) is 3.26. The van der Waals surface area contributed by atoms with Crippen LogP contribution in [0.1, 0.15) is 0 Å². The van der Waals surface area contributed by atoms with Gasteiger partial charge in [-0.2, -0.15) is 0 Å². The van der Waals surface area contributed by atoms with Gasteiger partial charge in [-0.1, -0.05) is 23.7 Å². The van der Waals surface area contributed by atoms with Crippen LogP contribution in [0.2, 0.25) is 5.02 Å². The summed E-state index contributed by atoms with van der Waals surface area (Å²) in [6, 6.07) is 10.00. The molecule has 0 N–H and O–H groups in total. The Morgan fingerprint density at radius 1 is 1.08 bits per heavy atom. The van der Waals surface area contributed by atoms with Crippen molar-refractivity contribution in [3.05, 3.63) is 35.4 Å². The summed E-state index contributed by atoms with van der Waals surface area (Å²) in [6.45, 7) is 0. The summed E-state index contributed by atoms with van der Waals surface area (Å²) in [6.07, 6.45) is 0. The molecular formula is C6H4BClF4-. The van der Waals surface area contributed by atoms with Crippen LogP contribution in [0.4, 0.5) is 17.3 Å². The third-order valence-corrected chi connectivity index (χ3v) is 0.930. The molecule has 0 saturated carbocycles. The first kappa shape index (κ1) is 11.3. The molecule has 12 heavy (non-hydrogen) atoms. The topological polar surface area (TPSA) is 0 Å². The Kier molecular flexibility index (Phi) is 4.74. The SMILES string of the molecule is Clc1cc[c]cc1.F[B-](F)(F)F. The van der Waals surface area contributed by atoms with E-state index < -0.39 is 7.25 Å². The molecule has 0 aliphatic heterocycles. The number of hydrogen-bond donors (Lipinski definition) is 0. The fraction of sp³-hybridized carbons (Fsp3) is 0. The van der Waals surface area contributed by atoms with Crippen LogP contribution >= 0.6 is 11.6 Å². The van der Waals surface area contributed by atoms with Crippen molar-refractivity contribution in [2.45, 2.75) is 0 Å². The van der Waals surface area contributed by atoms with Crippen molar-refractivity contribution >= 4 is 18.9 Å². The summed E-state index contributed by atoms with van der Waals surface area (Å²) in [7, 11) is -6.00. The molecule has 0 heterocycles. The van der Waals surface area contributed by atoms with E-state index in [0.717, 1.165) is 5.02 Å². The highest BCUT2D eigenvalue weighted by Gasteiger charge is 2.20. The predicted octanol–water partition coefficient (Wildman–Crippen LogP) is 3.44. The van der Waals surface area contributed by atoms with Crippen LogP contribution in [-0.2, 0) is 0 Å². The van der Waals surface area contributed by atoms with Gasteiger partial charge in [-0.25, -0.2) is 0 Å². The molecule has 0 atom stereocenters. The second kappa shape index (κ2) is 5.03. The maximum absolute atomic E-state index is 9.75. The summed E-state index contributed by atoms with van der Waals surface area (Å²) in [4.78, 5) is 0. The van der Waals surface area contributed by atoms with Crippen molar-refractivity contribution in [2.75, 3.05) is 0 Å². The largest absolute Gasteiger partial charge is 0.673 e. The van der Waals surface area contributed by atoms with Crippen LogP contribution in [-0.4, -0.2) is 7.25 Å². The molecule has 0 aromatic heterocycles. The summed E-state index contributed by atoms with van der Waals surface area (Å²) in [5, 5.41) is 0.763. The van der Waals surface area contributed by atoms with Gasteiger partial charge in [0.05, 0.1) is 0 Å². The minimum Gasteiger partial charge on any atom is -0.418 e. The van der Waals surface area contributed by atoms with Crippen molar-refractivity contribution in [1.29, 1.82) is 0 Å². The molecule has 67 valence electrons. The summed E-state index contributed by atoms with van der Waals surface area (Å²) >= 11 is 5.52. The molecule has 1 aromatic carbocycles. The summed E-state index contributed by atoms with van der Waals surface area (Å²) < 4.78 is 39.0. The summed E-state index contributed by atoms with van der Waals surface area (Å²) in [5.74, 6) is 0. The quantitative estimate of drug-likeness (QED) is 0.442. The normalized spacial score (nSPS) is 10.1. The Labute approximate surface area is 72.3 Å². The van der Waals surface area contributed by atoms with E-state index in [9.17, 15) is 17.3 Å². The van der Waals surface area contributed by atoms with E-state index in [4.69, 9.17) is 11.6 Å². The lowest BCUT2D eigenvalue weighted by molar-refractivity contribution is 0.368. The van der Waals surface area contributed by atoms with Gasteiger partial charge >= 0.3 is 7.25 Å². The molecule has 1 radical (unpaired) electrons. The standard InChI is InChI=1S/C6H4Cl.BF4/c7-6-4-2-1-3-5-6;2-1(3,4)5/h2-5H;/q;-1. The van der Waals surface area contributed by atoms with Gasteiger partial charge in [0.2, 0.25) is 0 Å². The Morgan fingerprint density at radius 2 is 1.42 bits per heavy atom. The molecule has 0 saturated heterocycles. The van der Waals surface area contributed by atoms with Crippen LogP contribution in [0.5, 0.6) is 0 Å². The molecule has 6 heteroatoms. The van der Waals surface area contributed by atoms with Crippen molar-refractivity contribution in [1.82, 2.24) is 0 Å². The lowest BCUT2D eigenvalue weighted by Gasteiger charge is -1.94. The molecule has 0 unspecified atom stereocenters. The number of halogens is 5. The van der Waals surface area contributed by atoms with Gasteiger partial charge in [-0.3, -0.25) is 0 Å². The van der Waals surface area contributed by atoms with Gasteiger partial charge in [-0.05, 0) is 18.2 Å². The van der Waals surface area contributed by atoms with E-state index in [1.54, 1.807) is 24.3 Å². The maximum atomic E-state index is 9.75. The molecule has 0 nitrogen and oxygen atoms in total. The molecule has 1 rings (SSSR count). The Morgan fingerprint density at radius 3 is 1.58 bits per heavy atom. The van der Waals surface area contributed by atoms with Crippen LogP contribution in [0.25, 0.3) is 0 Å². The van der Waals surface area contributed by atoms with Gasteiger partial charge in [-0.15, -0.1) is 0 Å². The van der Waals surface area contributed by atoms with Crippen LogP contribution in [0.15, 0.2) is 24.3 Å². The lowest BCUT2D eigenvalue weighted by atomic mass is 10.3. The highest BCUT2D eigenvalue weighted by Crippen LogP contribution is 2.06. The molecule has 0 aliphatic carbocycles. The maximum Gasteiger partial charge on any atom is 0.673 e. The van der Waals surface area contributed by atoms with E-state index in [1.807, 2.05) is 0 Å². The van der Waals surface area contributed by atoms with E-state index in [1.165, 1.54) is 0 Å². The molecule has 0 fully saturated rings. The minimum atomic E-state index is -6.00. The lowest BCUT2D eigenvalue weighted by Crippen LogP contribution is -2.02. The van der Waals surface area contributed by atoms with Crippen LogP contribution < -0.4 is 0 Å². The van der Waals surface area contributed by atoms with Gasteiger partial charge in [0, 0.05) is 5.02 Å². The van der Waals surface area contributed by atoms with Crippen LogP contribution in [0.3, 0.4) is 0 Å². The zero-order valence-corrected chi connectivity index (χ0v) is 6.53. The van der Waals surface area contributed by atoms with Crippen molar-refractivity contribution in [2.24, 2.45) is 0 Å². The number of benzene rings is 1. The van der Waals surface area contributed by atoms with Gasteiger partial charge in [0.1, 0.15) is 0 Å². The van der Waals surface area contributed by atoms with Crippen molar-refractivity contribution in [3.63, 3.8) is 0 Å². The van der Waals surface area contributed by atoms with Crippen LogP contribution in [0, 0.1) is 6.07 Å². The smallest absolute Gasteiger partial charge is 0.418 e. The van der Waals surface area contributed by atoms with Gasteiger partial charge in [0.25, 0.3) is 0 Å². The van der Waals surface area contributed by atoms with E-state index in [2.05, 4.69) is 6.07 Å². The number of hydrogen-bond acceptors (Lipinski definition) is 0. The zero-order chi connectivity index (χ0) is 9.61. The molecule has 1 aromatic rings. The van der Waals surface area contributed by atoms with Crippen molar-refractivity contribution in [3.8, 4) is 0 Å². The fourth-order valence-corrected chi connectivity index (χ4v) is 0.493. The highest BCUT2D eigenvalue weighted by molar-refractivity contribution is 6.50. The monoisotopic (exact) mass is 198 g/mol. The van der Waals surface area contributed by atoms with E-state index >= 15 is 0 Å². The molecule has 0 bridgehead atoms. The molecular weight excluding hydrogens is 194 g/mol. The van der Waals surface area contributed by atoms with E-state index in [0.29, 0.717) is 0 Å². The first-order chi connectivity index (χ1) is 5.39. The second-order valence-electron chi connectivity index (χ2n) is 1.71. The highest BCUT2D eigenvalue weighted by atomic mass is 35.5. The van der Waals surface area contributed by atoms with Gasteiger partial charge in [0.15, 0.2) is 0 Å². The molecule has 0 spiro atoms. The van der Waals surface area contributed by atoms with Gasteiger partial charge < -0.3 is 17.3 Å². The predicted molar refractivity (Wildman–Crippen MR) is 40.5 cm³/mol. The number of rotatable bonds is 0. The second-order valence-corrected chi connectivity index (χ2v) is 2.15. The zero-order valence-electron chi connectivity index (χ0n) is 5.78. The minimum absolute atomic E-state index is 0.763. The Bertz CT molecular complexity index is 205. The Hall–Kier alpha value is -0.705. The van der Waals surface area contributed by atoms with E-state index in [-0.39, 0.29) is 0 Å². The average molecular weight is 198 g/mol. The fourth-order valence-electron chi connectivity index (χ4n) is 0.367. The third-order valence-electron chi connectivity index (χ3n) is 0.678. The molecule has 0 amide bonds. The molecule has 0 aliphatic rings. The van der Waals surface area contributed by atoms with Crippen molar-refractivity contribution < 1.29 is 17.3 Å².